The molecule has 0 radical (unpaired) electrons. The van der Waals surface area contributed by atoms with Gasteiger partial charge in [-0.3, -0.25) is 0 Å². The summed E-state index contributed by atoms with van der Waals surface area (Å²) in [4.78, 5) is 26.3. The molecule has 0 fully saturated rings. The van der Waals surface area contributed by atoms with Gasteiger partial charge in [0.1, 0.15) is 11.9 Å². The molecule has 0 amide bonds. The van der Waals surface area contributed by atoms with Crippen LogP contribution in [-0.4, -0.2) is 25.7 Å². The Hall–Kier alpha value is -3.25. The molecule has 0 aromatic heterocycles. The highest BCUT2D eigenvalue weighted by atomic mass is 35.5. The van der Waals surface area contributed by atoms with E-state index < -0.39 is 24.0 Å². The van der Waals surface area contributed by atoms with Crippen LogP contribution in [0.4, 0.5) is 0 Å². The first-order valence-corrected chi connectivity index (χ1v) is 10.8. The fourth-order valence-corrected chi connectivity index (χ4v) is 4.57. The second-order valence-electron chi connectivity index (χ2n) is 7.57. The molecular weight excluding hydrogens is 430 g/mol. The molecule has 2 aromatic rings. The van der Waals surface area contributed by atoms with Crippen LogP contribution in [0.5, 0.6) is 5.75 Å². The minimum atomic E-state index is -0.690. The molecule has 2 aliphatic heterocycles. The van der Waals surface area contributed by atoms with Crippen molar-refractivity contribution in [1.82, 2.24) is 5.32 Å². The summed E-state index contributed by atoms with van der Waals surface area (Å²) in [5.74, 6) is -1.04. The number of carbonyl (C=O) groups excluding carboxylic acids is 2. The van der Waals surface area contributed by atoms with E-state index in [-0.39, 0.29) is 6.61 Å². The molecule has 2 unspecified atom stereocenters. The number of nitrogens with one attached hydrogen (secondary N) is 1. The third kappa shape index (κ3) is 3.86. The lowest BCUT2D eigenvalue weighted by molar-refractivity contribution is -0.147. The third-order valence-electron chi connectivity index (χ3n) is 5.70. The zero-order valence-electron chi connectivity index (χ0n) is 18.1. The zero-order chi connectivity index (χ0) is 22.8. The lowest BCUT2D eigenvalue weighted by Crippen LogP contribution is -2.37. The molecule has 166 valence electrons. The van der Waals surface area contributed by atoms with Crippen LogP contribution in [0, 0.1) is 0 Å². The van der Waals surface area contributed by atoms with E-state index in [4.69, 9.17) is 25.8 Å². The average Bonchev–Trinajstić information content (AvgIpc) is 2.78. The molecule has 7 heteroatoms. The average molecular weight is 454 g/mol. The van der Waals surface area contributed by atoms with Crippen molar-refractivity contribution < 1.29 is 23.8 Å². The van der Waals surface area contributed by atoms with E-state index in [2.05, 4.69) is 5.32 Å². The van der Waals surface area contributed by atoms with Gasteiger partial charge in [-0.2, -0.15) is 0 Å². The van der Waals surface area contributed by atoms with Crippen molar-refractivity contribution >= 4 is 23.5 Å². The Morgan fingerprint density at radius 1 is 1.16 bits per heavy atom. The monoisotopic (exact) mass is 453 g/mol. The van der Waals surface area contributed by atoms with Crippen LogP contribution in [0.1, 0.15) is 43.4 Å². The SMILES string of the molecule is CCOC(=O)C1=C(C)NC2=C(C(=O)OC(c3ccccc3OC)C2)C1c1ccccc1Cl. The Labute approximate surface area is 191 Å². The Bertz CT molecular complexity index is 1140. The summed E-state index contributed by atoms with van der Waals surface area (Å²) in [6.07, 6.45) is -0.107. The number of allylic oxidation sites excluding steroid dienone is 1. The van der Waals surface area contributed by atoms with Gasteiger partial charge in [-0.15, -0.1) is 0 Å². The molecule has 2 heterocycles. The van der Waals surface area contributed by atoms with E-state index in [0.29, 0.717) is 45.3 Å². The highest BCUT2D eigenvalue weighted by Crippen LogP contribution is 2.47. The molecule has 0 saturated carbocycles. The van der Waals surface area contributed by atoms with E-state index in [1.54, 1.807) is 33.1 Å². The van der Waals surface area contributed by atoms with Crippen molar-refractivity contribution in [2.75, 3.05) is 13.7 Å². The number of ether oxygens (including phenoxy) is 3. The molecule has 4 rings (SSSR count). The van der Waals surface area contributed by atoms with Gasteiger partial charge in [0, 0.05) is 28.4 Å². The first-order chi connectivity index (χ1) is 15.5. The Morgan fingerprint density at radius 3 is 2.53 bits per heavy atom. The fraction of sp³-hybridized carbons (Fsp3) is 0.280. The van der Waals surface area contributed by atoms with E-state index >= 15 is 0 Å². The molecule has 0 aliphatic carbocycles. The summed E-state index contributed by atoms with van der Waals surface area (Å²) in [5.41, 5.74) is 3.49. The molecule has 0 spiro atoms. The molecule has 2 aromatic carbocycles. The van der Waals surface area contributed by atoms with Crippen molar-refractivity contribution in [2.45, 2.75) is 32.3 Å². The van der Waals surface area contributed by atoms with Crippen molar-refractivity contribution in [3.05, 3.63) is 87.2 Å². The summed E-state index contributed by atoms with van der Waals surface area (Å²) < 4.78 is 16.6. The van der Waals surface area contributed by atoms with Crippen LogP contribution in [-0.2, 0) is 19.1 Å². The van der Waals surface area contributed by atoms with Gasteiger partial charge in [-0.1, -0.05) is 48.0 Å². The largest absolute Gasteiger partial charge is 0.496 e. The Morgan fingerprint density at radius 2 is 1.84 bits per heavy atom. The number of methoxy groups -OCH3 is 1. The predicted octanol–water partition coefficient (Wildman–Crippen LogP) is 4.81. The number of rotatable bonds is 5. The van der Waals surface area contributed by atoms with Gasteiger partial charge in [0.15, 0.2) is 0 Å². The normalized spacial score (nSPS) is 20.3. The van der Waals surface area contributed by atoms with Gasteiger partial charge in [-0.25, -0.2) is 9.59 Å². The van der Waals surface area contributed by atoms with Gasteiger partial charge in [0.05, 0.1) is 30.8 Å². The van der Waals surface area contributed by atoms with E-state index in [1.807, 2.05) is 36.4 Å². The number of benzene rings is 2. The summed E-state index contributed by atoms with van der Waals surface area (Å²) in [5, 5.41) is 3.73. The van der Waals surface area contributed by atoms with Gasteiger partial charge in [0.2, 0.25) is 0 Å². The molecule has 2 aliphatic rings. The molecular formula is C25H24ClNO5. The van der Waals surface area contributed by atoms with E-state index in [9.17, 15) is 9.59 Å². The quantitative estimate of drug-likeness (QED) is 0.654. The lowest BCUT2D eigenvalue weighted by atomic mass is 9.78. The fourth-order valence-electron chi connectivity index (χ4n) is 4.32. The summed E-state index contributed by atoms with van der Waals surface area (Å²) in [7, 11) is 1.58. The van der Waals surface area contributed by atoms with Crippen molar-refractivity contribution in [1.29, 1.82) is 0 Å². The predicted molar refractivity (Wildman–Crippen MR) is 120 cm³/mol. The maximum atomic E-state index is 13.4. The second-order valence-corrected chi connectivity index (χ2v) is 7.98. The van der Waals surface area contributed by atoms with Crippen LogP contribution in [0.2, 0.25) is 5.02 Å². The van der Waals surface area contributed by atoms with Gasteiger partial charge in [-0.05, 0) is 31.5 Å². The van der Waals surface area contributed by atoms with Crippen LogP contribution < -0.4 is 10.1 Å². The topological polar surface area (TPSA) is 73.9 Å². The minimum Gasteiger partial charge on any atom is -0.496 e. The van der Waals surface area contributed by atoms with Crippen molar-refractivity contribution in [3.8, 4) is 5.75 Å². The standard InChI is InChI=1S/C25H24ClNO5/c1-4-31-24(28)21-14(2)27-18-13-20(16-10-6-8-12-19(16)30-3)32-25(29)23(18)22(21)15-9-5-7-11-17(15)26/h5-12,20,22,27H,4,13H2,1-3H3. The maximum Gasteiger partial charge on any atom is 0.337 e. The van der Waals surface area contributed by atoms with Gasteiger partial charge >= 0.3 is 11.9 Å². The molecule has 0 saturated heterocycles. The number of esters is 2. The van der Waals surface area contributed by atoms with E-state index in [0.717, 1.165) is 5.56 Å². The maximum absolute atomic E-state index is 13.4. The third-order valence-corrected chi connectivity index (χ3v) is 6.05. The number of dihydropyridines is 1. The highest BCUT2D eigenvalue weighted by Gasteiger charge is 2.43. The molecule has 2 atom stereocenters. The molecule has 32 heavy (non-hydrogen) atoms. The van der Waals surface area contributed by atoms with Crippen LogP contribution in [0.15, 0.2) is 71.1 Å². The zero-order valence-corrected chi connectivity index (χ0v) is 18.9. The molecule has 6 nitrogen and oxygen atoms in total. The van der Waals surface area contributed by atoms with Gasteiger partial charge < -0.3 is 19.5 Å². The first-order valence-electron chi connectivity index (χ1n) is 10.4. The van der Waals surface area contributed by atoms with Gasteiger partial charge in [0.25, 0.3) is 0 Å². The number of para-hydroxylation sites is 1. The van der Waals surface area contributed by atoms with Crippen LogP contribution in [0.25, 0.3) is 0 Å². The van der Waals surface area contributed by atoms with E-state index in [1.165, 1.54) is 0 Å². The summed E-state index contributed by atoms with van der Waals surface area (Å²) in [6, 6.07) is 14.6. The highest BCUT2D eigenvalue weighted by molar-refractivity contribution is 6.31. The number of carbonyl (C=O) groups is 2. The first kappa shape index (κ1) is 22.0. The van der Waals surface area contributed by atoms with Crippen molar-refractivity contribution in [3.63, 3.8) is 0 Å². The number of halogens is 1. The van der Waals surface area contributed by atoms with Crippen LogP contribution in [0.3, 0.4) is 0 Å². The molecule has 1 N–H and O–H groups in total. The lowest BCUT2D eigenvalue weighted by Gasteiger charge is -2.36. The Kier molecular flexibility index (Phi) is 6.24. The van der Waals surface area contributed by atoms with Crippen molar-refractivity contribution in [2.24, 2.45) is 0 Å². The second kappa shape index (κ2) is 9.09. The van der Waals surface area contributed by atoms with Crippen LogP contribution >= 0.6 is 11.6 Å². The molecule has 0 bridgehead atoms. The number of hydrogen-bond acceptors (Lipinski definition) is 6. The summed E-state index contributed by atoms with van der Waals surface area (Å²) in [6.45, 7) is 3.76. The number of cyclic esters (lactones) is 1. The smallest absolute Gasteiger partial charge is 0.337 e. The Balaban J connectivity index is 1.82. The summed E-state index contributed by atoms with van der Waals surface area (Å²) >= 11 is 6.51. The minimum absolute atomic E-state index is 0.219. The number of hydrogen-bond donors (Lipinski definition) is 1.